The molecule has 0 aliphatic heterocycles. The van der Waals surface area contributed by atoms with Crippen LogP contribution in [0.15, 0.2) is 42.5 Å². The Hall–Kier alpha value is -1.09. The van der Waals surface area contributed by atoms with Crippen molar-refractivity contribution in [3.8, 4) is 0 Å². The van der Waals surface area contributed by atoms with Crippen LogP contribution >= 0.6 is 23.2 Å². The standard InChI is InChI=1S/C16H16Cl2FN/c1-16(20,9-11-2-5-13(19)6-3-11)10-12-4-7-14(17)15(18)8-12/h2-8H,9-10,20H2,1H3. The molecule has 0 fully saturated rings. The van der Waals surface area contributed by atoms with Crippen molar-refractivity contribution in [1.82, 2.24) is 0 Å². The van der Waals surface area contributed by atoms with Gasteiger partial charge in [0.1, 0.15) is 5.82 Å². The molecule has 1 atom stereocenters. The van der Waals surface area contributed by atoms with E-state index < -0.39 is 5.54 Å². The number of hydrogen-bond acceptors (Lipinski definition) is 1. The molecule has 0 saturated carbocycles. The van der Waals surface area contributed by atoms with Crippen molar-refractivity contribution in [3.63, 3.8) is 0 Å². The number of nitrogens with two attached hydrogens (primary N) is 1. The molecule has 0 aliphatic rings. The van der Waals surface area contributed by atoms with Gasteiger partial charge in [0, 0.05) is 5.54 Å². The highest BCUT2D eigenvalue weighted by Gasteiger charge is 2.20. The third-order valence-electron chi connectivity index (χ3n) is 3.11. The smallest absolute Gasteiger partial charge is 0.123 e. The van der Waals surface area contributed by atoms with E-state index in [0.717, 1.165) is 11.1 Å². The number of halogens is 3. The third-order valence-corrected chi connectivity index (χ3v) is 3.85. The van der Waals surface area contributed by atoms with E-state index >= 15 is 0 Å². The quantitative estimate of drug-likeness (QED) is 0.875. The molecule has 1 nitrogen and oxygen atoms in total. The number of hydrogen-bond donors (Lipinski definition) is 1. The maximum atomic E-state index is 12.9. The average Bonchev–Trinajstić information content (AvgIpc) is 2.36. The molecule has 106 valence electrons. The van der Waals surface area contributed by atoms with Gasteiger partial charge in [0.15, 0.2) is 0 Å². The lowest BCUT2D eigenvalue weighted by Crippen LogP contribution is -2.40. The van der Waals surface area contributed by atoms with Gasteiger partial charge in [0.25, 0.3) is 0 Å². The summed E-state index contributed by atoms with van der Waals surface area (Å²) in [4.78, 5) is 0. The molecule has 0 heterocycles. The van der Waals surface area contributed by atoms with Crippen molar-refractivity contribution < 1.29 is 4.39 Å². The molecular weight excluding hydrogens is 296 g/mol. The minimum absolute atomic E-state index is 0.239. The van der Waals surface area contributed by atoms with Crippen LogP contribution in [0.5, 0.6) is 0 Å². The Labute approximate surface area is 128 Å². The van der Waals surface area contributed by atoms with E-state index in [1.54, 1.807) is 18.2 Å². The zero-order chi connectivity index (χ0) is 14.8. The van der Waals surface area contributed by atoms with Crippen LogP contribution in [0.2, 0.25) is 10.0 Å². The lowest BCUT2D eigenvalue weighted by atomic mass is 9.87. The molecule has 0 spiro atoms. The van der Waals surface area contributed by atoms with Crippen molar-refractivity contribution >= 4 is 23.2 Å². The van der Waals surface area contributed by atoms with Gasteiger partial charge in [-0.1, -0.05) is 41.4 Å². The molecule has 0 radical (unpaired) electrons. The second-order valence-electron chi connectivity index (χ2n) is 5.38. The average molecular weight is 312 g/mol. The molecule has 2 N–H and O–H groups in total. The topological polar surface area (TPSA) is 26.0 Å². The Bertz CT molecular complexity index is 594. The van der Waals surface area contributed by atoms with E-state index in [9.17, 15) is 4.39 Å². The molecule has 2 rings (SSSR count). The molecule has 0 aromatic heterocycles. The molecule has 2 aromatic carbocycles. The van der Waals surface area contributed by atoms with Crippen LogP contribution in [0, 0.1) is 5.82 Å². The first-order valence-corrected chi connectivity index (χ1v) is 7.09. The second-order valence-corrected chi connectivity index (χ2v) is 6.20. The normalized spacial score (nSPS) is 14.1. The van der Waals surface area contributed by atoms with E-state index in [-0.39, 0.29) is 5.82 Å². The molecule has 4 heteroatoms. The van der Waals surface area contributed by atoms with Crippen molar-refractivity contribution in [2.24, 2.45) is 5.73 Å². The molecule has 0 amide bonds. The van der Waals surface area contributed by atoms with E-state index in [1.807, 2.05) is 19.1 Å². The first-order valence-electron chi connectivity index (χ1n) is 6.33. The zero-order valence-corrected chi connectivity index (χ0v) is 12.7. The summed E-state index contributed by atoms with van der Waals surface area (Å²) in [6.07, 6.45) is 1.33. The van der Waals surface area contributed by atoms with E-state index in [4.69, 9.17) is 28.9 Å². The van der Waals surface area contributed by atoms with Crippen LogP contribution in [0.4, 0.5) is 4.39 Å². The lowest BCUT2D eigenvalue weighted by Gasteiger charge is -2.25. The maximum Gasteiger partial charge on any atom is 0.123 e. The van der Waals surface area contributed by atoms with Crippen LogP contribution in [0.25, 0.3) is 0 Å². The first-order chi connectivity index (χ1) is 9.35. The highest BCUT2D eigenvalue weighted by Crippen LogP contribution is 2.25. The first kappa shape index (κ1) is 15.3. The zero-order valence-electron chi connectivity index (χ0n) is 11.2. The summed E-state index contributed by atoms with van der Waals surface area (Å²) >= 11 is 11.9. The predicted molar refractivity (Wildman–Crippen MR) is 82.9 cm³/mol. The van der Waals surface area contributed by atoms with Crippen LogP contribution in [-0.4, -0.2) is 5.54 Å². The lowest BCUT2D eigenvalue weighted by molar-refractivity contribution is 0.462. The summed E-state index contributed by atoms with van der Waals surface area (Å²) in [5.74, 6) is -0.239. The van der Waals surface area contributed by atoms with Crippen molar-refractivity contribution in [2.75, 3.05) is 0 Å². The second kappa shape index (κ2) is 6.13. The predicted octanol–water partition coefficient (Wildman–Crippen LogP) is 4.64. The minimum Gasteiger partial charge on any atom is -0.325 e. The van der Waals surface area contributed by atoms with Crippen molar-refractivity contribution in [2.45, 2.75) is 25.3 Å². The monoisotopic (exact) mass is 311 g/mol. The van der Waals surface area contributed by atoms with Gasteiger partial charge in [-0.25, -0.2) is 4.39 Å². The molecule has 2 aromatic rings. The van der Waals surface area contributed by atoms with Crippen LogP contribution in [0.3, 0.4) is 0 Å². The Balaban J connectivity index is 2.09. The highest BCUT2D eigenvalue weighted by molar-refractivity contribution is 6.42. The van der Waals surface area contributed by atoms with Gasteiger partial charge in [-0.2, -0.15) is 0 Å². The van der Waals surface area contributed by atoms with Gasteiger partial charge in [-0.15, -0.1) is 0 Å². The fraction of sp³-hybridized carbons (Fsp3) is 0.250. The fourth-order valence-electron chi connectivity index (χ4n) is 2.25. The van der Waals surface area contributed by atoms with Crippen molar-refractivity contribution in [1.29, 1.82) is 0 Å². The summed E-state index contributed by atoms with van der Waals surface area (Å²) in [5.41, 5.74) is 7.95. The summed E-state index contributed by atoms with van der Waals surface area (Å²) in [6.45, 7) is 1.97. The van der Waals surface area contributed by atoms with Crippen LogP contribution in [0.1, 0.15) is 18.1 Å². The largest absolute Gasteiger partial charge is 0.325 e. The summed E-state index contributed by atoms with van der Waals surface area (Å²) in [5, 5.41) is 1.06. The minimum atomic E-state index is -0.436. The molecule has 0 bridgehead atoms. The molecule has 0 aliphatic carbocycles. The number of rotatable bonds is 4. The Morgan fingerprint density at radius 2 is 1.50 bits per heavy atom. The third kappa shape index (κ3) is 4.20. The Kier molecular flexibility index (Phi) is 4.69. The van der Waals surface area contributed by atoms with Gasteiger partial charge >= 0.3 is 0 Å². The van der Waals surface area contributed by atoms with Gasteiger partial charge in [0.05, 0.1) is 10.0 Å². The van der Waals surface area contributed by atoms with Gasteiger partial charge in [0.2, 0.25) is 0 Å². The van der Waals surface area contributed by atoms with Gasteiger partial charge in [-0.05, 0) is 55.2 Å². The summed E-state index contributed by atoms with van der Waals surface area (Å²) in [6, 6.07) is 11.9. The Morgan fingerprint density at radius 1 is 0.950 bits per heavy atom. The summed E-state index contributed by atoms with van der Waals surface area (Å²) < 4.78 is 12.9. The van der Waals surface area contributed by atoms with Gasteiger partial charge < -0.3 is 5.73 Å². The molecule has 0 saturated heterocycles. The van der Waals surface area contributed by atoms with Gasteiger partial charge in [-0.3, -0.25) is 0 Å². The van der Waals surface area contributed by atoms with E-state index in [0.29, 0.717) is 22.9 Å². The molecule has 20 heavy (non-hydrogen) atoms. The molecule has 1 unspecified atom stereocenters. The van der Waals surface area contributed by atoms with Crippen molar-refractivity contribution in [3.05, 3.63) is 69.5 Å². The SMILES string of the molecule is CC(N)(Cc1ccc(F)cc1)Cc1ccc(Cl)c(Cl)c1. The van der Waals surface area contributed by atoms with Crippen LogP contribution in [-0.2, 0) is 12.8 Å². The Morgan fingerprint density at radius 3 is 2.10 bits per heavy atom. The fourth-order valence-corrected chi connectivity index (χ4v) is 2.57. The maximum absolute atomic E-state index is 12.9. The highest BCUT2D eigenvalue weighted by atomic mass is 35.5. The number of benzene rings is 2. The van der Waals surface area contributed by atoms with E-state index in [2.05, 4.69) is 0 Å². The van der Waals surface area contributed by atoms with Crippen LogP contribution < -0.4 is 5.73 Å². The summed E-state index contributed by atoms with van der Waals surface area (Å²) in [7, 11) is 0. The molecular formula is C16H16Cl2FN. The van der Waals surface area contributed by atoms with E-state index in [1.165, 1.54) is 12.1 Å².